The third-order valence-corrected chi connectivity index (χ3v) is 4.24. The van der Waals surface area contributed by atoms with Crippen LogP contribution in [0.3, 0.4) is 0 Å². The van der Waals surface area contributed by atoms with Crippen LogP contribution in [-0.2, 0) is 0 Å². The van der Waals surface area contributed by atoms with E-state index in [1.165, 1.54) is 24.3 Å². The largest absolute Gasteiger partial charge is 0.321 e. The van der Waals surface area contributed by atoms with E-state index < -0.39 is 23.4 Å². The Labute approximate surface area is 160 Å². The highest BCUT2D eigenvalue weighted by molar-refractivity contribution is 6.06. The van der Waals surface area contributed by atoms with Crippen molar-refractivity contribution in [1.29, 1.82) is 0 Å². The van der Waals surface area contributed by atoms with Crippen LogP contribution >= 0.6 is 0 Å². The topological polar surface area (TPSA) is 71.1 Å². The SMILES string of the molecule is Cc1cccc(NC(=O)c2cccc(C(=O)Nc3ccc(F)c(F)c3)n2)c1C. The second-order valence-electron chi connectivity index (χ2n) is 6.19. The molecule has 1 aromatic heterocycles. The lowest BCUT2D eigenvalue weighted by Gasteiger charge is -2.10. The second-order valence-corrected chi connectivity index (χ2v) is 6.19. The third-order valence-electron chi connectivity index (χ3n) is 4.24. The van der Waals surface area contributed by atoms with Crippen LogP contribution in [0, 0.1) is 25.5 Å². The van der Waals surface area contributed by atoms with Crippen molar-refractivity contribution in [3.63, 3.8) is 0 Å². The molecule has 0 radical (unpaired) electrons. The number of nitrogens with one attached hydrogen (secondary N) is 2. The van der Waals surface area contributed by atoms with Crippen molar-refractivity contribution >= 4 is 23.2 Å². The fraction of sp³-hybridized carbons (Fsp3) is 0.0952. The number of aromatic nitrogens is 1. The van der Waals surface area contributed by atoms with Crippen molar-refractivity contribution in [1.82, 2.24) is 4.98 Å². The van der Waals surface area contributed by atoms with Gasteiger partial charge in [-0.25, -0.2) is 13.8 Å². The van der Waals surface area contributed by atoms with Gasteiger partial charge in [0.05, 0.1) is 0 Å². The molecule has 0 aliphatic heterocycles. The standard InChI is InChI=1S/C21H17F2N3O2/c1-12-5-3-6-17(13(12)2)26-21(28)19-8-4-7-18(25-19)20(27)24-14-9-10-15(22)16(23)11-14/h3-11H,1-2H3,(H,24,27)(H,26,28). The fourth-order valence-corrected chi connectivity index (χ4v) is 2.53. The molecule has 2 N–H and O–H groups in total. The monoisotopic (exact) mass is 381 g/mol. The first-order valence-electron chi connectivity index (χ1n) is 8.46. The second kappa shape index (κ2) is 7.96. The van der Waals surface area contributed by atoms with E-state index in [4.69, 9.17) is 0 Å². The van der Waals surface area contributed by atoms with E-state index in [9.17, 15) is 18.4 Å². The number of anilines is 2. The van der Waals surface area contributed by atoms with Gasteiger partial charge in [-0.2, -0.15) is 0 Å². The Morgan fingerprint density at radius 1 is 0.821 bits per heavy atom. The molecule has 0 fully saturated rings. The minimum absolute atomic E-state index is 0.0293. The van der Waals surface area contributed by atoms with Gasteiger partial charge in [-0.05, 0) is 55.3 Å². The Balaban J connectivity index is 1.77. The van der Waals surface area contributed by atoms with Crippen LogP contribution in [-0.4, -0.2) is 16.8 Å². The number of benzene rings is 2. The normalized spacial score (nSPS) is 10.4. The first kappa shape index (κ1) is 19.2. The van der Waals surface area contributed by atoms with E-state index >= 15 is 0 Å². The van der Waals surface area contributed by atoms with Crippen molar-refractivity contribution in [2.75, 3.05) is 10.6 Å². The number of hydrogen-bond acceptors (Lipinski definition) is 3. The van der Waals surface area contributed by atoms with Gasteiger partial charge in [0.25, 0.3) is 11.8 Å². The number of amides is 2. The smallest absolute Gasteiger partial charge is 0.274 e. The summed E-state index contributed by atoms with van der Waals surface area (Å²) in [4.78, 5) is 28.9. The summed E-state index contributed by atoms with van der Waals surface area (Å²) >= 11 is 0. The molecule has 3 aromatic rings. The van der Waals surface area contributed by atoms with Gasteiger partial charge >= 0.3 is 0 Å². The molecule has 0 aliphatic rings. The summed E-state index contributed by atoms with van der Waals surface area (Å²) in [5.74, 6) is -3.20. The fourth-order valence-electron chi connectivity index (χ4n) is 2.53. The molecule has 0 saturated heterocycles. The summed E-state index contributed by atoms with van der Waals surface area (Å²) in [6.07, 6.45) is 0. The highest BCUT2D eigenvalue weighted by Gasteiger charge is 2.14. The van der Waals surface area contributed by atoms with E-state index in [-0.39, 0.29) is 17.1 Å². The van der Waals surface area contributed by atoms with Crippen molar-refractivity contribution in [2.24, 2.45) is 0 Å². The van der Waals surface area contributed by atoms with Gasteiger partial charge < -0.3 is 10.6 Å². The first-order valence-corrected chi connectivity index (χ1v) is 8.46. The Morgan fingerprint density at radius 2 is 1.46 bits per heavy atom. The Bertz CT molecular complexity index is 1070. The summed E-state index contributed by atoms with van der Waals surface area (Å²) in [5, 5.41) is 5.19. The molecule has 3 rings (SSSR count). The van der Waals surface area contributed by atoms with Crippen LogP contribution in [0.15, 0.2) is 54.6 Å². The molecule has 5 nitrogen and oxygen atoms in total. The van der Waals surface area contributed by atoms with E-state index in [1.807, 2.05) is 26.0 Å². The molecule has 0 bridgehead atoms. The van der Waals surface area contributed by atoms with Gasteiger partial charge in [-0.15, -0.1) is 0 Å². The molecule has 2 amide bonds. The van der Waals surface area contributed by atoms with Gasteiger partial charge in [0.15, 0.2) is 11.6 Å². The zero-order valence-corrected chi connectivity index (χ0v) is 15.2. The van der Waals surface area contributed by atoms with Gasteiger partial charge in [0.1, 0.15) is 11.4 Å². The lowest BCUT2D eigenvalue weighted by atomic mass is 10.1. The van der Waals surface area contributed by atoms with E-state index in [0.717, 1.165) is 23.3 Å². The molecule has 28 heavy (non-hydrogen) atoms. The van der Waals surface area contributed by atoms with Gasteiger partial charge in [0.2, 0.25) is 0 Å². The molecule has 0 saturated carbocycles. The predicted molar refractivity (Wildman–Crippen MR) is 102 cm³/mol. The number of hydrogen-bond donors (Lipinski definition) is 2. The summed E-state index contributed by atoms with van der Waals surface area (Å²) in [7, 11) is 0. The zero-order chi connectivity index (χ0) is 20.3. The predicted octanol–water partition coefficient (Wildman–Crippen LogP) is 4.48. The maximum atomic E-state index is 13.3. The quantitative estimate of drug-likeness (QED) is 0.700. The van der Waals surface area contributed by atoms with Gasteiger partial charge in [0, 0.05) is 17.4 Å². The highest BCUT2D eigenvalue weighted by atomic mass is 19.2. The van der Waals surface area contributed by atoms with E-state index in [2.05, 4.69) is 15.6 Å². The number of halogens is 2. The molecular weight excluding hydrogens is 364 g/mol. The highest BCUT2D eigenvalue weighted by Crippen LogP contribution is 2.19. The van der Waals surface area contributed by atoms with Crippen LogP contribution in [0.25, 0.3) is 0 Å². The number of carbonyl (C=O) groups is 2. The molecular formula is C21H17F2N3O2. The van der Waals surface area contributed by atoms with Gasteiger partial charge in [-0.1, -0.05) is 18.2 Å². The maximum absolute atomic E-state index is 13.3. The third kappa shape index (κ3) is 4.20. The van der Waals surface area contributed by atoms with E-state index in [0.29, 0.717) is 5.69 Å². The number of rotatable bonds is 4. The average Bonchev–Trinajstić information content (AvgIpc) is 2.68. The summed E-state index contributed by atoms with van der Waals surface area (Å²) in [6.45, 7) is 3.83. The summed E-state index contributed by atoms with van der Waals surface area (Å²) < 4.78 is 26.3. The summed E-state index contributed by atoms with van der Waals surface area (Å²) in [6, 6.07) is 13.0. The molecule has 0 atom stereocenters. The van der Waals surface area contributed by atoms with Crippen molar-refractivity contribution in [2.45, 2.75) is 13.8 Å². The minimum atomic E-state index is -1.08. The molecule has 0 unspecified atom stereocenters. The first-order chi connectivity index (χ1) is 13.3. The Kier molecular flexibility index (Phi) is 5.44. The summed E-state index contributed by atoms with van der Waals surface area (Å²) in [5.41, 5.74) is 2.73. The van der Waals surface area contributed by atoms with Crippen LogP contribution in [0.2, 0.25) is 0 Å². The molecule has 0 aliphatic carbocycles. The molecule has 1 heterocycles. The van der Waals surface area contributed by atoms with Crippen molar-refractivity contribution in [3.05, 3.63) is 88.7 Å². The number of carbonyl (C=O) groups excluding carboxylic acids is 2. The number of aryl methyl sites for hydroxylation is 1. The van der Waals surface area contributed by atoms with Crippen LogP contribution < -0.4 is 10.6 Å². The Hall–Kier alpha value is -3.61. The molecule has 2 aromatic carbocycles. The zero-order valence-electron chi connectivity index (χ0n) is 15.2. The minimum Gasteiger partial charge on any atom is -0.321 e. The molecule has 0 spiro atoms. The lowest BCUT2D eigenvalue weighted by molar-refractivity contribution is 0.101. The van der Waals surface area contributed by atoms with Gasteiger partial charge in [-0.3, -0.25) is 9.59 Å². The average molecular weight is 381 g/mol. The van der Waals surface area contributed by atoms with Crippen molar-refractivity contribution in [3.8, 4) is 0 Å². The molecule has 7 heteroatoms. The van der Waals surface area contributed by atoms with Crippen LogP contribution in [0.5, 0.6) is 0 Å². The number of nitrogens with zero attached hydrogens (tertiary/aromatic N) is 1. The lowest BCUT2D eigenvalue weighted by Crippen LogP contribution is -2.19. The van der Waals surface area contributed by atoms with Crippen LogP contribution in [0.1, 0.15) is 32.1 Å². The van der Waals surface area contributed by atoms with Crippen LogP contribution in [0.4, 0.5) is 20.2 Å². The molecule has 142 valence electrons. The Morgan fingerprint density at radius 3 is 2.14 bits per heavy atom. The van der Waals surface area contributed by atoms with E-state index in [1.54, 1.807) is 6.07 Å². The maximum Gasteiger partial charge on any atom is 0.274 e. The van der Waals surface area contributed by atoms with Crippen molar-refractivity contribution < 1.29 is 18.4 Å². The number of pyridine rings is 1.